The van der Waals surface area contributed by atoms with Crippen LogP contribution < -0.4 is 5.73 Å². The summed E-state index contributed by atoms with van der Waals surface area (Å²) in [6, 6.07) is 6.08. The second-order valence-electron chi connectivity index (χ2n) is 4.46. The maximum absolute atomic E-state index is 5.83. The van der Waals surface area contributed by atoms with Crippen LogP contribution in [0.25, 0.3) is 0 Å². The van der Waals surface area contributed by atoms with Crippen molar-refractivity contribution < 1.29 is 0 Å². The number of rotatable bonds is 5. The highest BCUT2D eigenvalue weighted by Gasteiger charge is 2.18. The Hall–Kier alpha value is -0.540. The molecule has 1 saturated carbocycles. The Bertz CT molecular complexity index is 296. The topological polar surface area (TPSA) is 38.9 Å². The molecule has 0 aromatic carbocycles. The van der Waals surface area contributed by atoms with Gasteiger partial charge in [0.25, 0.3) is 0 Å². The lowest BCUT2D eigenvalue weighted by molar-refractivity contribution is 0.621. The second-order valence-corrected chi connectivity index (χ2v) is 5.70. The molecule has 1 fully saturated rings. The molecule has 1 aromatic heterocycles. The van der Waals surface area contributed by atoms with E-state index < -0.39 is 0 Å². The minimum atomic E-state index is 0.377. The summed E-state index contributed by atoms with van der Waals surface area (Å²) in [6.07, 6.45) is 7.51. The lowest BCUT2D eigenvalue weighted by atomic mass is 10.1. The molecule has 1 aliphatic carbocycles. The van der Waals surface area contributed by atoms with Gasteiger partial charge in [0.1, 0.15) is 0 Å². The Morgan fingerprint density at radius 2 is 2.19 bits per heavy atom. The smallest absolute Gasteiger partial charge is 0.0592 e. The summed E-state index contributed by atoms with van der Waals surface area (Å²) >= 11 is 1.98. The van der Waals surface area contributed by atoms with Gasteiger partial charge in [-0.15, -0.1) is 0 Å². The Morgan fingerprint density at radius 3 is 2.81 bits per heavy atom. The highest BCUT2D eigenvalue weighted by molar-refractivity contribution is 7.99. The predicted molar refractivity (Wildman–Crippen MR) is 70.4 cm³/mol. The van der Waals surface area contributed by atoms with Gasteiger partial charge >= 0.3 is 0 Å². The number of aromatic nitrogens is 1. The first-order chi connectivity index (χ1) is 7.90. The molecule has 3 heteroatoms. The number of hydrogen-bond acceptors (Lipinski definition) is 3. The lowest BCUT2D eigenvalue weighted by Gasteiger charge is -2.16. The summed E-state index contributed by atoms with van der Waals surface area (Å²) in [6.45, 7) is 0.689. The minimum Gasteiger partial charge on any atom is -0.329 e. The maximum Gasteiger partial charge on any atom is 0.0592 e. The van der Waals surface area contributed by atoms with Crippen LogP contribution >= 0.6 is 11.8 Å². The lowest BCUT2D eigenvalue weighted by Crippen LogP contribution is -2.12. The van der Waals surface area contributed by atoms with Gasteiger partial charge in [-0.1, -0.05) is 18.9 Å². The van der Waals surface area contributed by atoms with Gasteiger partial charge in [-0.3, -0.25) is 4.98 Å². The molecular weight excluding hydrogens is 216 g/mol. The van der Waals surface area contributed by atoms with E-state index >= 15 is 0 Å². The molecule has 0 radical (unpaired) electrons. The van der Waals surface area contributed by atoms with Crippen LogP contribution in [0.1, 0.15) is 36.6 Å². The summed E-state index contributed by atoms with van der Waals surface area (Å²) in [5.74, 6) is 2.17. The first kappa shape index (κ1) is 11.9. The predicted octanol–water partition coefficient (Wildman–Crippen LogP) is 3.00. The molecule has 2 rings (SSSR count). The van der Waals surface area contributed by atoms with E-state index in [1.165, 1.54) is 31.4 Å². The normalized spacial score (nSPS) is 18.8. The fourth-order valence-electron chi connectivity index (χ4n) is 2.27. The van der Waals surface area contributed by atoms with Crippen molar-refractivity contribution in [2.75, 3.05) is 12.3 Å². The van der Waals surface area contributed by atoms with Crippen LogP contribution in [0, 0.1) is 5.92 Å². The van der Waals surface area contributed by atoms with Crippen LogP contribution in [0.2, 0.25) is 0 Å². The summed E-state index contributed by atoms with van der Waals surface area (Å²) in [5.41, 5.74) is 6.96. The zero-order chi connectivity index (χ0) is 11.2. The van der Waals surface area contributed by atoms with E-state index in [9.17, 15) is 0 Å². The molecule has 1 unspecified atom stereocenters. The number of nitrogens with zero attached hydrogens (tertiary/aromatic N) is 1. The SMILES string of the molecule is NCC(SCC1CCCC1)c1ccccn1. The molecule has 0 spiro atoms. The van der Waals surface area contributed by atoms with Crippen molar-refractivity contribution in [3.05, 3.63) is 30.1 Å². The van der Waals surface area contributed by atoms with E-state index in [1.54, 1.807) is 0 Å². The Labute approximate surface area is 102 Å². The van der Waals surface area contributed by atoms with Gasteiger partial charge in [-0.25, -0.2) is 0 Å². The van der Waals surface area contributed by atoms with Crippen molar-refractivity contribution in [2.45, 2.75) is 30.9 Å². The molecule has 2 N–H and O–H groups in total. The summed E-state index contributed by atoms with van der Waals surface area (Å²) < 4.78 is 0. The minimum absolute atomic E-state index is 0.377. The third kappa shape index (κ3) is 3.22. The number of pyridine rings is 1. The quantitative estimate of drug-likeness (QED) is 0.854. The third-order valence-corrected chi connectivity index (χ3v) is 4.74. The maximum atomic E-state index is 5.83. The highest BCUT2D eigenvalue weighted by atomic mass is 32.2. The average Bonchev–Trinajstić information content (AvgIpc) is 2.84. The van der Waals surface area contributed by atoms with Crippen LogP contribution in [0.4, 0.5) is 0 Å². The van der Waals surface area contributed by atoms with Crippen molar-refractivity contribution in [3.63, 3.8) is 0 Å². The van der Waals surface area contributed by atoms with Crippen molar-refractivity contribution in [2.24, 2.45) is 11.7 Å². The molecular formula is C13H20N2S. The van der Waals surface area contributed by atoms with Gasteiger partial charge in [0.05, 0.1) is 10.9 Å². The van der Waals surface area contributed by atoms with Gasteiger partial charge in [0.15, 0.2) is 0 Å². The fraction of sp³-hybridized carbons (Fsp3) is 0.615. The first-order valence-corrected chi connectivity index (χ1v) is 7.17. The second kappa shape index (κ2) is 6.26. The summed E-state index contributed by atoms with van der Waals surface area (Å²) in [7, 11) is 0. The van der Waals surface area contributed by atoms with Crippen LogP contribution in [-0.4, -0.2) is 17.3 Å². The average molecular weight is 236 g/mol. The zero-order valence-electron chi connectivity index (χ0n) is 9.64. The molecule has 2 nitrogen and oxygen atoms in total. The first-order valence-electron chi connectivity index (χ1n) is 6.12. The van der Waals surface area contributed by atoms with E-state index in [1.807, 2.05) is 30.1 Å². The van der Waals surface area contributed by atoms with Gasteiger partial charge in [-0.05, 0) is 36.6 Å². The van der Waals surface area contributed by atoms with Gasteiger partial charge in [-0.2, -0.15) is 11.8 Å². The molecule has 1 aromatic rings. The standard InChI is InChI=1S/C13H20N2S/c14-9-13(12-7-3-4-8-15-12)16-10-11-5-1-2-6-11/h3-4,7-8,11,13H,1-2,5-6,9-10,14H2. The Kier molecular flexibility index (Phi) is 4.67. The van der Waals surface area contributed by atoms with Gasteiger partial charge in [0, 0.05) is 12.7 Å². The van der Waals surface area contributed by atoms with Crippen molar-refractivity contribution >= 4 is 11.8 Å². The highest BCUT2D eigenvalue weighted by Crippen LogP contribution is 2.33. The summed E-state index contributed by atoms with van der Waals surface area (Å²) in [5, 5.41) is 0.377. The molecule has 88 valence electrons. The fourth-order valence-corrected chi connectivity index (χ4v) is 3.55. The van der Waals surface area contributed by atoms with E-state index in [0.717, 1.165) is 11.6 Å². The van der Waals surface area contributed by atoms with Gasteiger partial charge < -0.3 is 5.73 Å². The molecule has 1 heterocycles. The van der Waals surface area contributed by atoms with Crippen LogP contribution in [-0.2, 0) is 0 Å². The Morgan fingerprint density at radius 1 is 1.38 bits per heavy atom. The van der Waals surface area contributed by atoms with Crippen molar-refractivity contribution in [1.29, 1.82) is 0 Å². The molecule has 0 aliphatic heterocycles. The third-order valence-electron chi connectivity index (χ3n) is 3.24. The van der Waals surface area contributed by atoms with Crippen molar-refractivity contribution in [1.82, 2.24) is 4.98 Å². The van der Waals surface area contributed by atoms with Gasteiger partial charge in [0.2, 0.25) is 0 Å². The molecule has 0 amide bonds. The molecule has 16 heavy (non-hydrogen) atoms. The molecule has 0 bridgehead atoms. The molecule has 1 aliphatic rings. The monoisotopic (exact) mass is 236 g/mol. The molecule has 0 saturated heterocycles. The Balaban J connectivity index is 1.85. The van der Waals surface area contributed by atoms with Crippen molar-refractivity contribution in [3.8, 4) is 0 Å². The van der Waals surface area contributed by atoms with E-state index in [0.29, 0.717) is 11.8 Å². The number of hydrogen-bond donors (Lipinski definition) is 1. The van der Waals surface area contributed by atoms with E-state index in [2.05, 4.69) is 11.1 Å². The molecule has 1 atom stereocenters. The van der Waals surface area contributed by atoms with Crippen LogP contribution in [0.5, 0.6) is 0 Å². The van der Waals surface area contributed by atoms with Crippen LogP contribution in [0.3, 0.4) is 0 Å². The zero-order valence-corrected chi connectivity index (χ0v) is 10.5. The number of thioether (sulfide) groups is 1. The van der Waals surface area contributed by atoms with E-state index in [-0.39, 0.29) is 0 Å². The number of nitrogens with two attached hydrogens (primary N) is 1. The largest absolute Gasteiger partial charge is 0.329 e. The van der Waals surface area contributed by atoms with Crippen LogP contribution in [0.15, 0.2) is 24.4 Å². The van der Waals surface area contributed by atoms with E-state index in [4.69, 9.17) is 5.73 Å². The summed E-state index contributed by atoms with van der Waals surface area (Å²) in [4.78, 5) is 4.39.